The zero-order chi connectivity index (χ0) is 16.2. The molecule has 21 heavy (non-hydrogen) atoms. The number of rotatable bonds is 5. The van der Waals surface area contributed by atoms with Crippen LogP contribution in [0.25, 0.3) is 0 Å². The van der Waals surface area contributed by atoms with Crippen molar-refractivity contribution in [1.29, 1.82) is 0 Å². The lowest BCUT2D eigenvalue weighted by Gasteiger charge is -2.10. The average molecular weight is 310 g/mol. The second-order valence-corrected chi connectivity index (χ2v) is 3.53. The number of methoxy groups -OCH3 is 2. The van der Waals surface area contributed by atoms with Gasteiger partial charge in [-0.3, -0.25) is 4.79 Å². The lowest BCUT2D eigenvalue weighted by atomic mass is 10.1. The van der Waals surface area contributed by atoms with Crippen LogP contribution in [0.2, 0.25) is 0 Å². The summed E-state index contributed by atoms with van der Waals surface area (Å²) in [6.45, 7) is 0. The molecule has 1 aromatic heterocycles. The Balaban J connectivity index is 3.36. The van der Waals surface area contributed by atoms with Crippen LogP contribution in [-0.4, -0.2) is 36.5 Å². The molecular formula is C10H9F3N2O6. The molecule has 0 aliphatic heterocycles. The molecule has 0 unspecified atom stereocenters. The van der Waals surface area contributed by atoms with Crippen LogP contribution in [-0.2, 0) is 16.0 Å². The molecule has 116 valence electrons. The molecular weight excluding hydrogens is 301 g/mol. The van der Waals surface area contributed by atoms with E-state index >= 15 is 0 Å². The van der Waals surface area contributed by atoms with E-state index in [1.807, 2.05) is 0 Å². The third kappa shape index (κ3) is 4.47. The Kier molecular flexibility index (Phi) is 4.89. The summed E-state index contributed by atoms with van der Waals surface area (Å²) in [5, 5.41) is 10.8. The minimum atomic E-state index is -5.09. The Hall–Kier alpha value is -2.59. The maximum Gasteiger partial charge on any atom is 0.575 e. The quantitative estimate of drug-likeness (QED) is 0.462. The average Bonchev–Trinajstić information content (AvgIpc) is 2.35. The minimum Gasteiger partial charge on any atom is -0.489 e. The molecule has 8 nitrogen and oxygen atoms in total. The largest absolute Gasteiger partial charge is 0.575 e. The van der Waals surface area contributed by atoms with Gasteiger partial charge in [0.1, 0.15) is 0 Å². The predicted molar refractivity (Wildman–Crippen MR) is 59.8 cm³/mol. The van der Waals surface area contributed by atoms with Crippen molar-refractivity contribution >= 4 is 11.8 Å². The highest BCUT2D eigenvalue weighted by molar-refractivity contribution is 5.74. The predicted octanol–water partition coefficient (Wildman–Crippen LogP) is 1.61. The number of hydrogen-bond acceptors (Lipinski definition) is 7. The van der Waals surface area contributed by atoms with Crippen molar-refractivity contribution < 1.29 is 37.1 Å². The summed E-state index contributed by atoms with van der Waals surface area (Å²) in [6.07, 6.45) is -5.63. The van der Waals surface area contributed by atoms with Crippen LogP contribution in [0.4, 0.5) is 19.0 Å². The lowest BCUT2D eigenvalue weighted by Crippen LogP contribution is -2.19. The molecule has 1 heterocycles. The molecule has 0 N–H and O–H groups in total. The topological polar surface area (TPSA) is 101 Å². The van der Waals surface area contributed by atoms with Crippen molar-refractivity contribution in [2.45, 2.75) is 12.8 Å². The molecule has 0 aliphatic carbocycles. The molecule has 0 aliphatic rings. The number of nitrogens with zero attached hydrogens (tertiary/aromatic N) is 2. The van der Waals surface area contributed by atoms with Crippen molar-refractivity contribution in [3.63, 3.8) is 0 Å². The summed E-state index contributed by atoms with van der Waals surface area (Å²) in [5.74, 6) is -3.35. The Morgan fingerprint density at radius 3 is 2.48 bits per heavy atom. The number of carbonyl (C=O) groups excluding carboxylic acids is 1. The Labute approximate surface area is 115 Å². The first-order chi connectivity index (χ1) is 9.67. The molecule has 0 fully saturated rings. The van der Waals surface area contributed by atoms with E-state index in [0.29, 0.717) is 0 Å². The standard InChI is InChI=1S/C10H9F3N2O6/c1-19-7(16)4-5-3-6(21-10(11,12)13)14-9(15(17)18)8(5)20-2/h3H,4H2,1-2H3. The highest BCUT2D eigenvalue weighted by atomic mass is 19.4. The molecule has 0 atom stereocenters. The fraction of sp³-hybridized carbons (Fsp3) is 0.400. The first kappa shape index (κ1) is 16.5. The number of ether oxygens (including phenoxy) is 3. The van der Waals surface area contributed by atoms with Crippen molar-refractivity contribution in [1.82, 2.24) is 4.98 Å². The van der Waals surface area contributed by atoms with E-state index in [1.54, 1.807) is 0 Å². The third-order valence-electron chi connectivity index (χ3n) is 2.17. The number of esters is 1. The SMILES string of the molecule is COC(=O)Cc1cc(OC(F)(F)F)nc([N+](=O)[O-])c1OC. The zero-order valence-corrected chi connectivity index (χ0v) is 10.8. The van der Waals surface area contributed by atoms with Crippen LogP contribution in [0.3, 0.4) is 0 Å². The van der Waals surface area contributed by atoms with E-state index in [0.717, 1.165) is 20.3 Å². The number of carbonyl (C=O) groups is 1. The number of alkyl halides is 3. The highest BCUT2D eigenvalue weighted by Gasteiger charge is 2.36. The van der Waals surface area contributed by atoms with Crippen LogP contribution in [0, 0.1) is 10.1 Å². The summed E-state index contributed by atoms with van der Waals surface area (Å²) < 4.78 is 49.1. The lowest BCUT2D eigenvalue weighted by molar-refractivity contribution is -0.391. The molecule has 1 aromatic rings. The van der Waals surface area contributed by atoms with Crippen molar-refractivity contribution in [2.75, 3.05) is 14.2 Å². The van der Waals surface area contributed by atoms with Gasteiger partial charge < -0.3 is 24.3 Å². The van der Waals surface area contributed by atoms with Gasteiger partial charge in [0, 0.05) is 16.6 Å². The molecule has 1 rings (SSSR count). The van der Waals surface area contributed by atoms with Crippen LogP contribution < -0.4 is 9.47 Å². The van der Waals surface area contributed by atoms with Crippen LogP contribution >= 0.6 is 0 Å². The van der Waals surface area contributed by atoms with Crippen LogP contribution in [0.5, 0.6) is 11.6 Å². The highest BCUT2D eigenvalue weighted by Crippen LogP contribution is 2.34. The zero-order valence-electron chi connectivity index (χ0n) is 10.8. The van der Waals surface area contributed by atoms with Gasteiger partial charge in [0.2, 0.25) is 5.75 Å². The second kappa shape index (κ2) is 6.24. The van der Waals surface area contributed by atoms with E-state index in [4.69, 9.17) is 4.74 Å². The van der Waals surface area contributed by atoms with E-state index in [1.165, 1.54) is 0 Å². The van der Waals surface area contributed by atoms with Gasteiger partial charge in [-0.1, -0.05) is 0 Å². The second-order valence-electron chi connectivity index (χ2n) is 3.53. The first-order valence-electron chi connectivity index (χ1n) is 5.22. The molecule has 0 aromatic carbocycles. The van der Waals surface area contributed by atoms with Gasteiger partial charge in [0.05, 0.1) is 20.6 Å². The number of hydrogen-bond donors (Lipinski definition) is 0. The smallest absolute Gasteiger partial charge is 0.489 e. The number of halogens is 3. The Morgan fingerprint density at radius 2 is 2.05 bits per heavy atom. The molecule has 0 saturated heterocycles. The normalized spacial score (nSPS) is 10.9. The molecule has 11 heteroatoms. The van der Waals surface area contributed by atoms with Gasteiger partial charge in [0.25, 0.3) is 0 Å². The summed E-state index contributed by atoms with van der Waals surface area (Å²) in [7, 11) is 2.10. The fourth-order valence-electron chi connectivity index (χ4n) is 1.42. The maximum absolute atomic E-state index is 12.2. The number of pyridine rings is 1. The van der Waals surface area contributed by atoms with Crippen LogP contribution in [0.1, 0.15) is 5.56 Å². The molecule has 0 amide bonds. The summed E-state index contributed by atoms with van der Waals surface area (Å²) in [5.41, 5.74) is -0.217. The van der Waals surface area contributed by atoms with E-state index in [-0.39, 0.29) is 5.56 Å². The molecule has 0 radical (unpaired) electrons. The third-order valence-corrected chi connectivity index (χ3v) is 2.17. The van der Waals surface area contributed by atoms with Gasteiger partial charge in [-0.2, -0.15) is 0 Å². The van der Waals surface area contributed by atoms with E-state index in [9.17, 15) is 28.1 Å². The first-order valence-corrected chi connectivity index (χ1v) is 5.22. The van der Waals surface area contributed by atoms with Crippen molar-refractivity contribution in [3.8, 4) is 11.6 Å². The van der Waals surface area contributed by atoms with Crippen molar-refractivity contribution in [2.24, 2.45) is 0 Å². The number of nitro groups is 1. The minimum absolute atomic E-state index is 0.217. The summed E-state index contributed by atoms with van der Waals surface area (Å²) in [4.78, 5) is 24.1. The van der Waals surface area contributed by atoms with Gasteiger partial charge in [-0.05, 0) is 4.92 Å². The Bertz CT molecular complexity index is 560. The monoisotopic (exact) mass is 310 g/mol. The maximum atomic E-state index is 12.2. The van der Waals surface area contributed by atoms with Crippen molar-refractivity contribution in [3.05, 3.63) is 21.7 Å². The fourth-order valence-corrected chi connectivity index (χ4v) is 1.42. The Morgan fingerprint density at radius 1 is 1.43 bits per heavy atom. The van der Waals surface area contributed by atoms with Gasteiger partial charge in [0.15, 0.2) is 0 Å². The van der Waals surface area contributed by atoms with E-state index in [2.05, 4.69) is 14.5 Å². The summed E-state index contributed by atoms with van der Waals surface area (Å²) in [6, 6.07) is 0.718. The number of aromatic nitrogens is 1. The van der Waals surface area contributed by atoms with Gasteiger partial charge in [-0.25, -0.2) is 0 Å². The molecule has 0 spiro atoms. The summed E-state index contributed by atoms with van der Waals surface area (Å²) >= 11 is 0. The molecule has 0 bridgehead atoms. The van der Waals surface area contributed by atoms with E-state index < -0.39 is 41.1 Å². The molecule has 0 saturated carbocycles. The van der Waals surface area contributed by atoms with Gasteiger partial charge >= 0.3 is 24.0 Å². The van der Waals surface area contributed by atoms with Gasteiger partial charge in [-0.15, -0.1) is 13.2 Å². The van der Waals surface area contributed by atoms with Crippen LogP contribution in [0.15, 0.2) is 6.07 Å².